The maximum atomic E-state index is 12.7. The molecule has 1 atom stereocenters. The Labute approximate surface area is 196 Å². The third kappa shape index (κ3) is 5.30. The van der Waals surface area contributed by atoms with E-state index < -0.39 is 16.1 Å². The Bertz CT molecular complexity index is 1240. The van der Waals surface area contributed by atoms with Crippen molar-refractivity contribution in [3.63, 3.8) is 0 Å². The van der Waals surface area contributed by atoms with Gasteiger partial charge < -0.3 is 15.4 Å². The number of rotatable bonds is 7. The smallest absolute Gasteiger partial charge is 0.255 e. The molecule has 1 aliphatic rings. The molecular formula is C22H24N6O5S. The van der Waals surface area contributed by atoms with Crippen LogP contribution < -0.4 is 10.6 Å². The van der Waals surface area contributed by atoms with Crippen LogP contribution in [0.4, 0.5) is 11.4 Å². The number of hydrogen-bond donors (Lipinski definition) is 2. The molecule has 2 amide bonds. The average molecular weight is 485 g/mol. The summed E-state index contributed by atoms with van der Waals surface area (Å²) in [7, 11) is -3.62. The van der Waals surface area contributed by atoms with Crippen molar-refractivity contribution in [3.05, 3.63) is 66.7 Å². The fourth-order valence-corrected chi connectivity index (χ4v) is 4.75. The summed E-state index contributed by atoms with van der Waals surface area (Å²) < 4.78 is 33.4. The number of ether oxygens (including phenoxy) is 1. The van der Waals surface area contributed by atoms with Crippen molar-refractivity contribution in [2.75, 3.05) is 36.9 Å². The molecular weight excluding hydrogens is 460 g/mol. The lowest BCUT2D eigenvalue weighted by molar-refractivity contribution is -0.119. The number of sulfonamides is 1. The van der Waals surface area contributed by atoms with Gasteiger partial charge >= 0.3 is 0 Å². The molecule has 3 aromatic rings. The minimum absolute atomic E-state index is 0.131. The first kappa shape index (κ1) is 23.5. The third-order valence-corrected chi connectivity index (χ3v) is 7.26. The molecule has 0 aliphatic carbocycles. The van der Waals surface area contributed by atoms with Crippen LogP contribution in [0.15, 0.2) is 66.1 Å². The number of nitrogens with one attached hydrogen (secondary N) is 2. The number of carbonyl (C=O) groups excluding carboxylic acids is 2. The Hall–Kier alpha value is -3.61. The largest absolute Gasteiger partial charge is 0.379 e. The van der Waals surface area contributed by atoms with Gasteiger partial charge in [0, 0.05) is 30.0 Å². The number of benzene rings is 2. The van der Waals surface area contributed by atoms with Crippen molar-refractivity contribution >= 4 is 33.2 Å². The fraction of sp³-hybridized carbons (Fsp3) is 0.273. The van der Waals surface area contributed by atoms with Crippen molar-refractivity contribution < 1.29 is 22.7 Å². The van der Waals surface area contributed by atoms with E-state index in [2.05, 4.69) is 20.7 Å². The highest BCUT2D eigenvalue weighted by Crippen LogP contribution is 2.19. The van der Waals surface area contributed by atoms with Crippen LogP contribution in [0.3, 0.4) is 0 Å². The lowest BCUT2D eigenvalue weighted by atomic mass is 10.2. The summed E-state index contributed by atoms with van der Waals surface area (Å²) in [6.45, 7) is 3.04. The number of carbonyl (C=O) groups is 2. The molecule has 11 nitrogen and oxygen atoms in total. The lowest BCUT2D eigenvalue weighted by Crippen LogP contribution is -2.40. The molecule has 12 heteroatoms. The van der Waals surface area contributed by atoms with Crippen LogP contribution in [0.25, 0.3) is 0 Å². The van der Waals surface area contributed by atoms with E-state index in [4.69, 9.17) is 4.74 Å². The quantitative estimate of drug-likeness (QED) is 0.521. The molecule has 1 aliphatic heterocycles. The van der Waals surface area contributed by atoms with E-state index in [1.807, 2.05) is 0 Å². The van der Waals surface area contributed by atoms with E-state index in [1.54, 1.807) is 31.2 Å². The first-order chi connectivity index (χ1) is 16.3. The van der Waals surface area contributed by atoms with Gasteiger partial charge in [-0.3, -0.25) is 9.59 Å². The van der Waals surface area contributed by atoms with Gasteiger partial charge in [-0.1, -0.05) is 0 Å². The van der Waals surface area contributed by atoms with E-state index in [0.29, 0.717) is 43.2 Å². The van der Waals surface area contributed by atoms with Gasteiger partial charge in [-0.25, -0.2) is 18.1 Å². The SMILES string of the molecule is CC(C(=O)Nc1ccc(NC(=O)c2ccc(S(=O)(=O)N3CCOCC3)cc2)cc1)n1cncn1. The molecule has 1 aromatic heterocycles. The average Bonchev–Trinajstić information content (AvgIpc) is 3.40. The Morgan fingerprint density at radius 3 is 2.18 bits per heavy atom. The van der Waals surface area contributed by atoms with Crippen molar-refractivity contribution in [2.24, 2.45) is 0 Å². The zero-order chi connectivity index (χ0) is 24.1. The molecule has 2 N–H and O–H groups in total. The van der Waals surface area contributed by atoms with Crippen LogP contribution in [0.5, 0.6) is 0 Å². The molecule has 0 spiro atoms. The molecule has 0 saturated carbocycles. The number of morpholine rings is 1. The number of nitrogens with zero attached hydrogens (tertiary/aromatic N) is 4. The molecule has 34 heavy (non-hydrogen) atoms. The fourth-order valence-electron chi connectivity index (χ4n) is 3.34. The molecule has 2 heterocycles. The summed E-state index contributed by atoms with van der Waals surface area (Å²) >= 11 is 0. The second-order valence-corrected chi connectivity index (χ2v) is 9.55. The van der Waals surface area contributed by atoms with Crippen molar-refractivity contribution in [1.82, 2.24) is 19.1 Å². The van der Waals surface area contributed by atoms with Gasteiger partial charge in [-0.05, 0) is 55.5 Å². The van der Waals surface area contributed by atoms with Gasteiger partial charge in [0.15, 0.2) is 0 Å². The zero-order valence-electron chi connectivity index (χ0n) is 18.4. The van der Waals surface area contributed by atoms with Crippen molar-refractivity contribution in [1.29, 1.82) is 0 Å². The predicted molar refractivity (Wildman–Crippen MR) is 124 cm³/mol. The minimum atomic E-state index is -3.62. The third-order valence-electron chi connectivity index (χ3n) is 5.35. The highest BCUT2D eigenvalue weighted by atomic mass is 32.2. The van der Waals surface area contributed by atoms with Crippen LogP contribution in [0, 0.1) is 0 Å². The Morgan fingerprint density at radius 2 is 1.59 bits per heavy atom. The monoisotopic (exact) mass is 484 g/mol. The molecule has 2 aromatic carbocycles. The van der Waals surface area contributed by atoms with Crippen LogP contribution in [-0.2, 0) is 19.6 Å². The molecule has 1 unspecified atom stereocenters. The number of hydrogen-bond acceptors (Lipinski definition) is 7. The highest BCUT2D eigenvalue weighted by molar-refractivity contribution is 7.89. The van der Waals surface area contributed by atoms with Gasteiger partial charge in [0.05, 0.1) is 18.1 Å². The number of aromatic nitrogens is 3. The molecule has 0 bridgehead atoms. The number of anilines is 2. The van der Waals surface area contributed by atoms with Gasteiger partial charge in [-0.2, -0.15) is 9.40 Å². The summed E-state index contributed by atoms with van der Waals surface area (Å²) in [6.07, 6.45) is 2.82. The summed E-state index contributed by atoms with van der Waals surface area (Å²) in [5, 5.41) is 9.49. The Morgan fingerprint density at radius 1 is 0.971 bits per heavy atom. The second kappa shape index (κ2) is 10.1. The molecule has 4 rings (SSSR count). The Balaban J connectivity index is 1.35. The van der Waals surface area contributed by atoms with Gasteiger partial charge in [0.1, 0.15) is 18.7 Å². The van der Waals surface area contributed by atoms with E-state index in [9.17, 15) is 18.0 Å². The topological polar surface area (TPSA) is 136 Å². The first-order valence-electron chi connectivity index (χ1n) is 10.6. The maximum Gasteiger partial charge on any atom is 0.255 e. The predicted octanol–water partition coefficient (Wildman–Crippen LogP) is 1.75. The van der Waals surface area contributed by atoms with Gasteiger partial charge in [0.25, 0.3) is 5.91 Å². The molecule has 178 valence electrons. The van der Waals surface area contributed by atoms with Crippen LogP contribution >= 0.6 is 0 Å². The zero-order valence-corrected chi connectivity index (χ0v) is 19.2. The van der Waals surface area contributed by atoms with E-state index in [-0.39, 0.29) is 16.7 Å². The van der Waals surface area contributed by atoms with Crippen LogP contribution in [0.2, 0.25) is 0 Å². The highest BCUT2D eigenvalue weighted by Gasteiger charge is 2.26. The standard InChI is InChI=1S/C22H24N6O5S/c1-16(28-15-23-14-24-28)21(29)25-18-4-6-19(7-5-18)26-22(30)17-2-8-20(9-3-17)34(31,32)27-10-12-33-13-11-27/h2-9,14-16H,10-13H2,1H3,(H,25,29)(H,26,30). The summed E-state index contributed by atoms with van der Waals surface area (Å²) in [6, 6.07) is 11.9. The van der Waals surface area contributed by atoms with E-state index in [1.165, 1.54) is 45.9 Å². The van der Waals surface area contributed by atoms with Crippen molar-refractivity contribution in [2.45, 2.75) is 17.9 Å². The first-order valence-corrected chi connectivity index (χ1v) is 12.0. The van der Waals surface area contributed by atoms with Crippen LogP contribution in [-0.4, -0.2) is 65.6 Å². The van der Waals surface area contributed by atoms with E-state index in [0.717, 1.165) is 0 Å². The normalized spacial score (nSPS) is 15.4. The lowest BCUT2D eigenvalue weighted by Gasteiger charge is -2.26. The minimum Gasteiger partial charge on any atom is -0.379 e. The summed E-state index contributed by atoms with van der Waals surface area (Å²) in [4.78, 5) is 28.9. The van der Waals surface area contributed by atoms with Gasteiger partial charge in [0.2, 0.25) is 15.9 Å². The van der Waals surface area contributed by atoms with Crippen molar-refractivity contribution in [3.8, 4) is 0 Å². The maximum absolute atomic E-state index is 12.7. The number of amides is 2. The van der Waals surface area contributed by atoms with E-state index >= 15 is 0 Å². The molecule has 1 fully saturated rings. The summed E-state index contributed by atoms with van der Waals surface area (Å²) in [5.41, 5.74) is 1.41. The van der Waals surface area contributed by atoms with Crippen LogP contribution in [0.1, 0.15) is 23.3 Å². The molecule has 0 radical (unpaired) electrons. The second-order valence-electron chi connectivity index (χ2n) is 7.61. The Kier molecular flexibility index (Phi) is 7.01. The summed E-state index contributed by atoms with van der Waals surface area (Å²) in [5.74, 6) is -0.638. The van der Waals surface area contributed by atoms with Gasteiger partial charge in [-0.15, -0.1) is 0 Å². The molecule has 1 saturated heterocycles.